The highest BCUT2D eigenvalue weighted by molar-refractivity contribution is 6.30. The molecule has 0 bridgehead atoms. The van der Waals surface area contributed by atoms with E-state index in [4.69, 9.17) is 23.2 Å². The van der Waals surface area contributed by atoms with Crippen LogP contribution in [0.15, 0.2) is 18.2 Å². The van der Waals surface area contributed by atoms with E-state index >= 15 is 0 Å². The number of benzene rings is 1. The fourth-order valence-corrected chi connectivity index (χ4v) is 3.24. The van der Waals surface area contributed by atoms with Crippen LogP contribution < -0.4 is 0 Å². The van der Waals surface area contributed by atoms with Crippen molar-refractivity contribution in [3.63, 3.8) is 0 Å². The maximum absolute atomic E-state index is 13.8. The number of rotatable bonds is 5. The maximum Gasteiger partial charge on any atom is 0.127 e. The molecule has 0 heterocycles. The van der Waals surface area contributed by atoms with Crippen molar-refractivity contribution in [1.29, 1.82) is 0 Å². The van der Waals surface area contributed by atoms with E-state index in [1.54, 1.807) is 12.1 Å². The fourth-order valence-electron chi connectivity index (χ4n) is 2.83. The van der Waals surface area contributed by atoms with Crippen LogP contribution >= 0.6 is 23.2 Å². The molecule has 0 saturated heterocycles. The second-order valence-electron chi connectivity index (χ2n) is 5.19. The molecule has 1 aromatic carbocycles. The molecular formula is C15H20Cl2FN. The molecule has 1 aliphatic carbocycles. The molecule has 0 radical (unpaired) electrons. The van der Waals surface area contributed by atoms with Crippen LogP contribution in [0.2, 0.25) is 5.02 Å². The van der Waals surface area contributed by atoms with E-state index in [-0.39, 0.29) is 5.82 Å². The summed E-state index contributed by atoms with van der Waals surface area (Å²) in [7, 11) is 0. The first-order chi connectivity index (χ1) is 9.20. The van der Waals surface area contributed by atoms with Crippen molar-refractivity contribution in [3.8, 4) is 0 Å². The summed E-state index contributed by atoms with van der Waals surface area (Å²) in [6, 6.07) is 5.29. The molecule has 1 nitrogen and oxygen atoms in total. The molecule has 0 unspecified atom stereocenters. The van der Waals surface area contributed by atoms with E-state index in [2.05, 4.69) is 4.90 Å². The Morgan fingerprint density at radius 3 is 2.63 bits per heavy atom. The average molecular weight is 304 g/mol. The third kappa shape index (κ3) is 4.34. The van der Waals surface area contributed by atoms with Gasteiger partial charge in [-0.3, -0.25) is 4.90 Å². The summed E-state index contributed by atoms with van der Waals surface area (Å²) in [5, 5.41) is 0.589. The molecule has 1 saturated carbocycles. The van der Waals surface area contributed by atoms with Crippen LogP contribution in [0.1, 0.15) is 37.7 Å². The molecule has 0 amide bonds. The summed E-state index contributed by atoms with van der Waals surface area (Å²) in [6.07, 6.45) is 6.23. The van der Waals surface area contributed by atoms with Gasteiger partial charge in [-0.15, -0.1) is 11.6 Å². The standard InChI is InChI=1S/C15H20Cl2FN/c16-8-9-19(14-4-2-1-3-5-14)11-12-10-13(17)6-7-15(12)18/h6-7,10,14H,1-5,8-9,11H2. The van der Waals surface area contributed by atoms with Gasteiger partial charge in [-0.2, -0.15) is 0 Å². The molecule has 106 valence electrons. The average Bonchev–Trinajstić information content (AvgIpc) is 2.43. The van der Waals surface area contributed by atoms with Crippen molar-refractivity contribution in [3.05, 3.63) is 34.6 Å². The number of hydrogen-bond donors (Lipinski definition) is 0. The van der Waals surface area contributed by atoms with E-state index in [1.807, 2.05) is 0 Å². The zero-order chi connectivity index (χ0) is 13.7. The normalized spacial score (nSPS) is 17.1. The summed E-state index contributed by atoms with van der Waals surface area (Å²) in [4.78, 5) is 2.31. The summed E-state index contributed by atoms with van der Waals surface area (Å²) >= 11 is 11.8. The Morgan fingerprint density at radius 2 is 1.95 bits per heavy atom. The van der Waals surface area contributed by atoms with Gasteiger partial charge in [0.05, 0.1) is 0 Å². The Kier molecular flexibility index (Phi) is 5.93. The van der Waals surface area contributed by atoms with Crippen LogP contribution in [0, 0.1) is 5.82 Å². The van der Waals surface area contributed by atoms with E-state index in [9.17, 15) is 4.39 Å². The predicted octanol–water partition coefficient (Wildman–Crippen LogP) is 4.85. The predicted molar refractivity (Wildman–Crippen MR) is 79.4 cm³/mol. The van der Waals surface area contributed by atoms with Crippen molar-refractivity contribution in [2.75, 3.05) is 12.4 Å². The van der Waals surface area contributed by atoms with Gasteiger partial charge >= 0.3 is 0 Å². The van der Waals surface area contributed by atoms with Crippen LogP contribution in [-0.2, 0) is 6.54 Å². The van der Waals surface area contributed by atoms with Gasteiger partial charge in [-0.25, -0.2) is 4.39 Å². The Hall–Kier alpha value is -0.310. The highest BCUT2D eigenvalue weighted by Crippen LogP contribution is 2.25. The van der Waals surface area contributed by atoms with Crippen molar-refractivity contribution >= 4 is 23.2 Å². The summed E-state index contributed by atoms with van der Waals surface area (Å²) in [6.45, 7) is 1.40. The third-order valence-corrected chi connectivity index (χ3v) is 4.25. The quantitative estimate of drug-likeness (QED) is 0.703. The highest BCUT2D eigenvalue weighted by atomic mass is 35.5. The SMILES string of the molecule is Fc1ccc(Cl)cc1CN(CCCl)C1CCCCC1. The molecule has 1 aromatic rings. The first-order valence-electron chi connectivity index (χ1n) is 6.94. The lowest BCUT2D eigenvalue weighted by molar-refractivity contribution is 0.155. The fraction of sp³-hybridized carbons (Fsp3) is 0.600. The highest BCUT2D eigenvalue weighted by Gasteiger charge is 2.21. The van der Waals surface area contributed by atoms with Crippen LogP contribution in [-0.4, -0.2) is 23.4 Å². The molecule has 0 N–H and O–H groups in total. The van der Waals surface area contributed by atoms with Crippen molar-refractivity contribution in [1.82, 2.24) is 4.90 Å². The van der Waals surface area contributed by atoms with Gasteiger partial charge in [0.2, 0.25) is 0 Å². The lowest BCUT2D eigenvalue weighted by Crippen LogP contribution is -2.37. The van der Waals surface area contributed by atoms with Gasteiger partial charge in [-0.1, -0.05) is 30.9 Å². The van der Waals surface area contributed by atoms with Gasteiger partial charge in [0.25, 0.3) is 0 Å². The monoisotopic (exact) mass is 303 g/mol. The Bertz CT molecular complexity index is 405. The van der Waals surface area contributed by atoms with E-state index in [0.29, 0.717) is 29.1 Å². The molecule has 0 atom stereocenters. The number of halogens is 3. The van der Waals surface area contributed by atoms with Crippen LogP contribution in [0.5, 0.6) is 0 Å². The van der Waals surface area contributed by atoms with E-state index < -0.39 is 0 Å². The number of alkyl halides is 1. The van der Waals surface area contributed by atoms with Gasteiger partial charge in [0.15, 0.2) is 0 Å². The molecular weight excluding hydrogens is 284 g/mol. The molecule has 0 spiro atoms. The van der Waals surface area contributed by atoms with Crippen LogP contribution in [0.3, 0.4) is 0 Å². The van der Waals surface area contributed by atoms with Crippen molar-refractivity contribution < 1.29 is 4.39 Å². The molecule has 0 aliphatic heterocycles. The first kappa shape index (κ1) is 15.1. The lowest BCUT2D eigenvalue weighted by atomic mass is 9.94. The Balaban J connectivity index is 2.08. The number of hydrogen-bond acceptors (Lipinski definition) is 1. The number of nitrogens with zero attached hydrogens (tertiary/aromatic N) is 1. The van der Waals surface area contributed by atoms with Gasteiger partial charge < -0.3 is 0 Å². The second kappa shape index (κ2) is 7.47. The minimum Gasteiger partial charge on any atom is -0.295 e. The van der Waals surface area contributed by atoms with Crippen molar-refractivity contribution in [2.45, 2.75) is 44.7 Å². The Morgan fingerprint density at radius 1 is 1.21 bits per heavy atom. The zero-order valence-corrected chi connectivity index (χ0v) is 12.6. The van der Waals surface area contributed by atoms with Gasteiger partial charge in [0, 0.05) is 35.6 Å². The van der Waals surface area contributed by atoms with Crippen molar-refractivity contribution in [2.24, 2.45) is 0 Å². The largest absolute Gasteiger partial charge is 0.295 e. The smallest absolute Gasteiger partial charge is 0.127 e. The second-order valence-corrected chi connectivity index (χ2v) is 6.00. The molecule has 1 aliphatic rings. The molecule has 4 heteroatoms. The summed E-state index contributed by atoms with van der Waals surface area (Å²) in [5.74, 6) is 0.401. The van der Waals surface area contributed by atoms with Gasteiger partial charge in [0.1, 0.15) is 5.82 Å². The summed E-state index contributed by atoms with van der Waals surface area (Å²) in [5.41, 5.74) is 0.670. The molecule has 19 heavy (non-hydrogen) atoms. The maximum atomic E-state index is 13.8. The van der Waals surface area contributed by atoms with E-state index in [0.717, 1.165) is 6.54 Å². The topological polar surface area (TPSA) is 3.24 Å². The first-order valence-corrected chi connectivity index (χ1v) is 7.86. The third-order valence-electron chi connectivity index (χ3n) is 3.84. The van der Waals surface area contributed by atoms with Crippen LogP contribution in [0.4, 0.5) is 4.39 Å². The molecule has 1 fully saturated rings. The molecule has 0 aromatic heterocycles. The van der Waals surface area contributed by atoms with Gasteiger partial charge in [-0.05, 0) is 31.0 Å². The zero-order valence-electron chi connectivity index (χ0n) is 11.0. The minimum atomic E-state index is -0.181. The summed E-state index contributed by atoms with van der Waals surface area (Å²) < 4.78 is 13.8. The lowest BCUT2D eigenvalue weighted by Gasteiger charge is -2.34. The minimum absolute atomic E-state index is 0.181. The van der Waals surface area contributed by atoms with E-state index in [1.165, 1.54) is 38.2 Å². The molecule has 2 rings (SSSR count). The van der Waals surface area contributed by atoms with Crippen LogP contribution in [0.25, 0.3) is 0 Å². The Labute approximate surface area is 124 Å².